The minimum Gasteiger partial charge on any atom is -0.497 e. The van der Waals surface area contributed by atoms with Crippen LogP contribution in [-0.2, 0) is 4.79 Å². The van der Waals surface area contributed by atoms with Crippen LogP contribution in [0, 0.1) is 5.92 Å². The molecule has 1 atom stereocenters. The maximum absolute atomic E-state index is 12.1. The van der Waals surface area contributed by atoms with Crippen LogP contribution in [0.5, 0.6) is 11.5 Å². The van der Waals surface area contributed by atoms with Crippen LogP contribution < -0.4 is 14.8 Å². The van der Waals surface area contributed by atoms with E-state index in [2.05, 4.69) is 17.1 Å². The summed E-state index contributed by atoms with van der Waals surface area (Å²) >= 11 is 0. The molecule has 1 aromatic carbocycles. The number of likely N-dealkylation sites (tertiary alicyclic amines) is 1. The number of piperidine rings is 1. The number of hydrogen-bond acceptors (Lipinski definition) is 4. The second-order valence-electron chi connectivity index (χ2n) is 5.91. The van der Waals surface area contributed by atoms with Crippen LogP contribution in [0.2, 0.25) is 0 Å². The van der Waals surface area contributed by atoms with E-state index in [9.17, 15) is 4.79 Å². The maximum atomic E-state index is 12.1. The van der Waals surface area contributed by atoms with E-state index in [1.165, 1.54) is 12.8 Å². The average molecular weight is 306 g/mol. The van der Waals surface area contributed by atoms with Gasteiger partial charge in [0.15, 0.2) is 0 Å². The summed E-state index contributed by atoms with van der Waals surface area (Å²) in [6.45, 7) is 5.28. The molecule has 1 aliphatic rings. The smallest absolute Gasteiger partial charge is 0.225 e. The second kappa shape index (κ2) is 8.03. The van der Waals surface area contributed by atoms with Crippen molar-refractivity contribution in [1.82, 2.24) is 4.90 Å². The Balaban J connectivity index is 1.86. The molecule has 1 fully saturated rings. The lowest BCUT2D eigenvalue weighted by Gasteiger charge is -2.30. The first-order chi connectivity index (χ1) is 10.6. The molecule has 22 heavy (non-hydrogen) atoms. The third-order valence-electron chi connectivity index (χ3n) is 4.08. The molecule has 0 spiro atoms. The molecule has 1 amide bonds. The zero-order valence-electron chi connectivity index (χ0n) is 13.7. The highest BCUT2D eigenvalue weighted by Crippen LogP contribution is 2.29. The van der Waals surface area contributed by atoms with E-state index < -0.39 is 0 Å². The minimum absolute atomic E-state index is 0.0155. The van der Waals surface area contributed by atoms with Crippen molar-refractivity contribution in [2.24, 2.45) is 5.92 Å². The summed E-state index contributed by atoms with van der Waals surface area (Å²) in [5.41, 5.74) is 0.681. The summed E-state index contributed by atoms with van der Waals surface area (Å²) in [6.07, 6.45) is 3.03. The molecule has 2 rings (SSSR count). The Kier molecular flexibility index (Phi) is 6.07. The van der Waals surface area contributed by atoms with Crippen LogP contribution in [0.25, 0.3) is 0 Å². The van der Waals surface area contributed by atoms with Crippen LogP contribution in [0.3, 0.4) is 0 Å². The van der Waals surface area contributed by atoms with E-state index in [1.54, 1.807) is 26.4 Å². The van der Waals surface area contributed by atoms with E-state index in [1.807, 2.05) is 6.07 Å². The zero-order chi connectivity index (χ0) is 15.9. The fourth-order valence-corrected chi connectivity index (χ4v) is 2.86. The van der Waals surface area contributed by atoms with Gasteiger partial charge < -0.3 is 19.7 Å². The molecule has 1 saturated heterocycles. The minimum atomic E-state index is 0.0155. The fourth-order valence-electron chi connectivity index (χ4n) is 2.86. The van der Waals surface area contributed by atoms with Crippen LogP contribution in [-0.4, -0.2) is 44.7 Å². The van der Waals surface area contributed by atoms with Crippen LogP contribution in [0.15, 0.2) is 18.2 Å². The Morgan fingerprint density at radius 2 is 2.18 bits per heavy atom. The normalized spacial score (nSPS) is 18.8. The molecule has 0 aliphatic carbocycles. The third kappa shape index (κ3) is 4.63. The standard InChI is InChI=1S/C17H26N2O3/c1-13-5-4-9-19(12-13)10-8-17(20)18-15-7-6-14(21-2)11-16(15)22-3/h6-7,11,13H,4-5,8-10,12H2,1-3H3,(H,18,20). The molecule has 0 bridgehead atoms. The number of amides is 1. The predicted molar refractivity (Wildman–Crippen MR) is 87.6 cm³/mol. The van der Waals surface area contributed by atoms with Gasteiger partial charge >= 0.3 is 0 Å². The number of rotatable bonds is 6. The molecular weight excluding hydrogens is 280 g/mol. The summed E-state index contributed by atoms with van der Waals surface area (Å²) in [6, 6.07) is 5.38. The number of ether oxygens (including phenoxy) is 2. The maximum Gasteiger partial charge on any atom is 0.225 e. The Bertz CT molecular complexity index is 505. The lowest BCUT2D eigenvalue weighted by molar-refractivity contribution is -0.116. The van der Waals surface area contributed by atoms with Gasteiger partial charge in [-0.15, -0.1) is 0 Å². The van der Waals surface area contributed by atoms with Crippen molar-refractivity contribution < 1.29 is 14.3 Å². The largest absolute Gasteiger partial charge is 0.497 e. The number of nitrogens with zero attached hydrogens (tertiary/aromatic N) is 1. The quantitative estimate of drug-likeness (QED) is 0.878. The second-order valence-corrected chi connectivity index (χ2v) is 5.91. The van der Waals surface area contributed by atoms with Crippen molar-refractivity contribution in [3.05, 3.63) is 18.2 Å². The summed E-state index contributed by atoms with van der Waals surface area (Å²) in [5, 5.41) is 2.92. The highest BCUT2D eigenvalue weighted by Gasteiger charge is 2.17. The first-order valence-corrected chi connectivity index (χ1v) is 7.86. The number of methoxy groups -OCH3 is 2. The van der Waals surface area contributed by atoms with Crippen molar-refractivity contribution in [2.75, 3.05) is 39.2 Å². The molecule has 1 unspecified atom stereocenters. The van der Waals surface area contributed by atoms with Crippen molar-refractivity contribution in [3.63, 3.8) is 0 Å². The first-order valence-electron chi connectivity index (χ1n) is 7.86. The van der Waals surface area contributed by atoms with Gasteiger partial charge in [-0.1, -0.05) is 6.92 Å². The number of carbonyl (C=O) groups excluding carboxylic acids is 1. The predicted octanol–water partition coefficient (Wildman–Crippen LogP) is 2.76. The molecule has 1 N–H and O–H groups in total. The number of hydrogen-bond donors (Lipinski definition) is 1. The summed E-state index contributed by atoms with van der Waals surface area (Å²) in [7, 11) is 3.19. The Morgan fingerprint density at radius 1 is 1.36 bits per heavy atom. The van der Waals surface area contributed by atoms with Crippen LogP contribution in [0.1, 0.15) is 26.2 Å². The van der Waals surface area contributed by atoms with Gasteiger partial charge in [0.1, 0.15) is 11.5 Å². The van der Waals surface area contributed by atoms with Gasteiger partial charge in [-0.3, -0.25) is 4.79 Å². The van der Waals surface area contributed by atoms with Crippen molar-refractivity contribution >= 4 is 11.6 Å². The lowest BCUT2D eigenvalue weighted by atomic mass is 10.0. The molecular formula is C17H26N2O3. The van der Waals surface area contributed by atoms with Gasteiger partial charge in [-0.05, 0) is 37.4 Å². The van der Waals surface area contributed by atoms with Crippen molar-refractivity contribution in [1.29, 1.82) is 0 Å². The molecule has 1 aromatic rings. The van der Waals surface area contributed by atoms with E-state index >= 15 is 0 Å². The van der Waals surface area contributed by atoms with E-state index in [-0.39, 0.29) is 5.91 Å². The van der Waals surface area contributed by atoms with Gasteiger partial charge in [-0.25, -0.2) is 0 Å². The summed E-state index contributed by atoms with van der Waals surface area (Å²) in [5.74, 6) is 2.07. The Morgan fingerprint density at radius 3 is 2.86 bits per heavy atom. The average Bonchev–Trinajstić information content (AvgIpc) is 2.53. The van der Waals surface area contributed by atoms with Gasteiger partial charge in [-0.2, -0.15) is 0 Å². The first kappa shape index (κ1) is 16.6. The molecule has 5 heteroatoms. The van der Waals surface area contributed by atoms with E-state index in [0.717, 1.165) is 25.6 Å². The van der Waals surface area contributed by atoms with Crippen molar-refractivity contribution in [3.8, 4) is 11.5 Å². The van der Waals surface area contributed by atoms with E-state index in [4.69, 9.17) is 9.47 Å². The molecule has 122 valence electrons. The highest BCUT2D eigenvalue weighted by molar-refractivity contribution is 5.92. The molecule has 0 radical (unpaired) electrons. The Hall–Kier alpha value is -1.75. The third-order valence-corrected chi connectivity index (χ3v) is 4.08. The molecule has 1 aliphatic heterocycles. The number of anilines is 1. The van der Waals surface area contributed by atoms with Gasteiger partial charge in [0.2, 0.25) is 5.91 Å². The molecule has 0 aromatic heterocycles. The zero-order valence-corrected chi connectivity index (χ0v) is 13.7. The van der Waals surface area contributed by atoms with E-state index in [0.29, 0.717) is 23.6 Å². The summed E-state index contributed by atoms with van der Waals surface area (Å²) in [4.78, 5) is 14.5. The number of carbonyl (C=O) groups is 1. The number of benzene rings is 1. The molecule has 1 heterocycles. The monoisotopic (exact) mass is 306 g/mol. The number of nitrogens with one attached hydrogen (secondary N) is 1. The summed E-state index contributed by atoms with van der Waals surface area (Å²) < 4.78 is 10.4. The van der Waals surface area contributed by atoms with Crippen LogP contribution >= 0.6 is 0 Å². The lowest BCUT2D eigenvalue weighted by Crippen LogP contribution is -2.36. The van der Waals surface area contributed by atoms with Gasteiger partial charge in [0, 0.05) is 25.6 Å². The molecule has 5 nitrogen and oxygen atoms in total. The highest BCUT2D eigenvalue weighted by atomic mass is 16.5. The SMILES string of the molecule is COc1ccc(NC(=O)CCN2CCCC(C)C2)c(OC)c1. The van der Waals surface area contributed by atoms with Crippen LogP contribution in [0.4, 0.5) is 5.69 Å². The molecule has 0 saturated carbocycles. The van der Waals surface area contributed by atoms with Gasteiger partial charge in [0.25, 0.3) is 0 Å². The Labute approximate surface area is 132 Å². The van der Waals surface area contributed by atoms with Crippen molar-refractivity contribution in [2.45, 2.75) is 26.2 Å². The fraction of sp³-hybridized carbons (Fsp3) is 0.588. The van der Waals surface area contributed by atoms with Gasteiger partial charge in [0.05, 0.1) is 19.9 Å². The topological polar surface area (TPSA) is 50.8 Å².